The van der Waals surface area contributed by atoms with E-state index in [1.807, 2.05) is 0 Å². The first-order valence-corrected chi connectivity index (χ1v) is 7.98. The van der Waals surface area contributed by atoms with E-state index in [1.54, 1.807) is 38.4 Å². The summed E-state index contributed by atoms with van der Waals surface area (Å²) >= 11 is 0. The molecule has 0 fully saturated rings. The number of fused-ring (bicyclic) bond motifs is 4. The molecule has 3 aromatic rings. The number of nitrogens with one attached hydrogen (secondary N) is 1. The van der Waals surface area contributed by atoms with Gasteiger partial charge < -0.3 is 10.1 Å². The maximum atomic E-state index is 12.5. The molecule has 0 bridgehead atoms. The molecule has 0 radical (unpaired) electrons. The molecule has 8 heteroatoms. The van der Waals surface area contributed by atoms with Gasteiger partial charge in [-0.1, -0.05) is 0 Å². The summed E-state index contributed by atoms with van der Waals surface area (Å²) in [7, 11) is 4.54. The van der Waals surface area contributed by atoms with E-state index < -0.39 is 11.2 Å². The number of anilines is 1. The summed E-state index contributed by atoms with van der Waals surface area (Å²) in [5.74, 6) is 0.399. The Morgan fingerprint density at radius 1 is 1.12 bits per heavy atom. The third kappa shape index (κ3) is 2.22. The van der Waals surface area contributed by atoms with E-state index in [2.05, 4.69) is 10.3 Å². The fraction of sp³-hybridized carbons (Fsp3) is 0.222. The third-order valence-electron chi connectivity index (χ3n) is 4.61. The van der Waals surface area contributed by atoms with Crippen molar-refractivity contribution in [3.8, 4) is 17.0 Å². The molecule has 2 aromatic heterocycles. The predicted molar refractivity (Wildman–Crippen MR) is 96.5 cm³/mol. The lowest BCUT2D eigenvalue weighted by Gasteiger charge is -2.12. The molecule has 1 N–H and O–H groups in total. The van der Waals surface area contributed by atoms with Gasteiger partial charge >= 0.3 is 5.69 Å². The van der Waals surface area contributed by atoms with E-state index in [1.165, 1.54) is 11.6 Å². The van der Waals surface area contributed by atoms with Crippen molar-refractivity contribution in [3.63, 3.8) is 0 Å². The van der Waals surface area contributed by atoms with Crippen molar-refractivity contribution in [2.45, 2.75) is 6.42 Å². The monoisotopic (exact) mass is 352 g/mol. The van der Waals surface area contributed by atoms with Crippen molar-refractivity contribution in [1.29, 1.82) is 0 Å². The fourth-order valence-electron chi connectivity index (χ4n) is 3.24. The summed E-state index contributed by atoms with van der Waals surface area (Å²) < 4.78 is 7.58. The number of pyridine rings is 1. The molecule has 0 aliphatic carbocycles. The first-order valence-electron chi connectivity index (χ1n) is 7.98. The molecule has 1 aliphatic rings. The van der Waals surface area contributed by atoms with Gasteiger partial charge in [-0.25, -0.2) is 9.78 Å². The van der Waals surface area contributed by atoms with Gasteiger partial charge in [-0.05, 0) is 23.8 Å². The number of hydrogen-bond acceptors (Lipinski definition) is 5. The number of amides is 1. The highest BCUT2D eigenvalue weighted by atomic mass is 16.5. The second kappa shape index (κ2) is 5.55. The zero-order valence-corrected chi connectivity index (χ0v) is 14.5. The molecule has 0 unspecified atom stereocenters. The van der Waals surface area contributed by atoms with Crippen molar-refractivity contribution in [2.75, 3.05) is 12.4 Å². The van der Waals surface area contributed by atoms with Crippen LogP contribution in [0.1, 0.15) is 5.56 Å². The number of rotatable bonds is 1. The van der Waals surface area contributed by atoms with E-state index in [0.29, 0.717) is 33.6 Å². The highest BCUT2D eigenvalue weighted by molar-refractivity contribution is 6.01. The average Bonchev–Trinajstić information content (AvgIpc) is 2.77. The van der Waals surface area contributed by atoms with E-state index in [-0.39, 0.29) is 18.0 Å². The van der Waals surface area contributed by atoms with Gasteiger partial charge in [0.2, 0.25) is 5.91 Å². The van der Waals surface area contributed by atoms with Crippen LogP contribution in [0.2, 0.25) is 0 Å². The van der Waals surface area contributed by atoms with Gasteiger partial charge in [0, 0.05) is 25.7 Å². The lowest BCUT2D eigenvalue weighted by atomic mass is 10.0. The Bertz CT molecular complexity index is 1210. The van der Waals surface area contributed by atoms with Crippen LogP contribution < -0.4 is 21.3 Å². The van der Waals surface area contributed by atoms with Crippen LogP contribution in [-0.2, 0) is 25.3 Å². The molecule has 0 saturated heterocycles. The van der Waals surface area contributed by atoms with Crippen LogP contribution in [0.25, 0.3) is 22.3 Å². The number of benzene rings is 1. The van der Waals surface area contributed by atoms with E-state index in [9.17, 15) is 14.4 Å². The van der Waals surface area contributed by atoms with Crippen molar-refractivity contribution in [2.24, 2.45) is 14.1 Å². The van der Waals surface area contributed by atoms with E-state index in [4.69, 9.17) is 4.74 Å². The van der Waals surface area contributed by atoms with Gasteiger partial charge in [-0.2, -0.15) is 0 Å². The van der Waals surface area contributed by atoms with Crippen LogP contribution in [0.5, 0.6) is 5.75 Å². The molecule has 1 amide bonds. The van der Waals surface area contributed by atoms with Crippen LogP contribution in [0.4, 0.5) is 5.69 Å². The quantitative estimate of drug-likeness (QED) is 0.699. The van der Waals surface area contributed by atoms with Gasteiger partial charge in [0.15, 0.2) is 0 Å². The topological polar surface area (TPSA) is 95.2 Å². The lowest BCUT2D eigenvalue weighted by molar-refractivity contribution is -0.115. The lowest BCUT2D eigenvalue weighted by Crippen LogP contribution is -2.37. The minimum absolute atomic E-state index is 0.0846. The van der Waals surface area contributed by atoms with Gasteiger partial charge in [-0.3, -0.25) is 18.7 Å². The first kappa shape index (κ1) is 16.1. The zero-order valence-electron chi connectivity index (χ0n) is 14.5. The molecular formula is C18H16N4O4. The normalized spacial score (nSPS) is 13.0. The Morgan fingerprint density at radius 3 is 2.62 bits per heavy atom. The van der Waals surface area contributed by atoms with Crippen LogP contribution >= 0.6 is 0 Å². The Kier molecular flexibility index (Phi) is 3.43. The number of nitrogens with zero attached hydrogens (tertiary/aromatic N) is 3. The summed E-state index contributed by atoms with van der Waals surface area (Å²) in [6.45, 7) is 0. The molecule has 0 spiro atoms. The van der Waals surface area contributed by atoms with Crippen molar-refractivity contribution < 1.29 is 9.53 Å². The van der Waals surface area contributed by atoms with Gasteiger partial charge in [0.1, 0.15) is 11.4 Å². The van der Waals surface area contributed by atoms with E-state index in [0.717, 1.165) is 4.57 Å². The first-order chi connectivity index (χ1) is 12.4. The summed E-state index contributed by atoms with van der Waals surface area (Å²) in [5.41, 5.74) is 1.89. The van der Waals surface area contributed by atoms with Crippen molar-refractivity contribution in [1.82, 2.24) is 14.1 Å². The standard InChI is InChI=1S/C18H16N4O4/c1-21-16-12(17(24)22(2)18(21)25)6-9-7-14(23)19-13-8-10(26-3)4-5-11(13)15(9)20-16/h4-6,8H,7H2,1-3H3,(H,19,23). The van der Waals surface area contributed by atoms with Crippen molar-refractivity contribution in [3.05, 3.63) is 50.7 Å². The number of carbonyl (C=O) groups excluding carboxylic acids is 1. The number of methoxy groups -OCH3 is 1. The number of hydrogen-bond donors (Lipinski definition) is 1. The van der Waals surface area contributed by atoms with Crippen LogP contribution in [0.15, 0.2) is 33.9 Å². The molecule has 4 rings (SSSR count). The molecule has 0 atom stereocenters. The Balaban J connectivity index is 2.12. The highest BCUT2D eigenvalue weighted by Gasteiger charge is 2.23. The Morgan fingerprint density at radius 2 is 1.88 bits per heavy atom. The third-order valence-corrected chi connectivity index (χ3v) is 4.61. The molecule has 1 aromatic carbocycles. The Labute approximate surface area is 147 Å². The maximum Gasteiger partial charge on any atom is 0.332 e. The maximum absolute atomic E-state index is 12.5. The minimum Gasteiger partial charge on any atom is -0.497 e. The Hall–Kier alpha value is -3.42. The molecule has 3 heterocycles. The van der Waals surface area contributed by atoms with Crippen molar-refractivity contribution >= 4 is 22.6 Å². The minimum atomic E-state index is -0.451. The molecule has 132 valence electrons. The molecular weight excluding hydrogens is 336 g/mol. The molecule has 0 saturated carbocycles. The summed E-state index contributed by atoms with van der Waals surface area (Å²) in [5, 5.41) is 3.14. The predicted octanol–water partition coefficient (Wildman–Crippen LogP) is 0.802. The highest BCUT2D eigenvalue weighted by Crippen LogP contribution is 2.35. The average molecular weight is 352 g/mol. The van der Waals surface area contributed by atoms with Crippen LogP contribution in [0, 0.1) is 0 Å². The SMILES string of the molecule is COc1ccc2c(c1)NC(=O)Cc1cc3c(=O)n(C)c(=O)n(C)c3nc1-2. The smallest absolute Gasteiger partial charge is 0.332 e. The summed E-state index contributed by atoms with van der Waals surface area (Å²) in [6.07, 6.45) is 0.0846. The number of aryl methyl sites for hydroxylation is 1. The van der Waals surface area contributed by atoms with Gasteiger partial charge in [-0.15, -0.1) is 0 Å². The van der Waals surface area contributed by atoms with Gasteiger partial charge in [0.25, 0.3) is 5.56 Å². The molecule has 8 nitrogen and oxygen atoms in total. The number of aromatic nitrogens is 3. The summed E-state index contributed by atoms with van der Waals surface area (Å²) in [6, 6.07) is 6.95. The second-order valence-corrected chi connectivity index (χ2v) is 6.21. The zero-order chi connectivity index (χ0) is 18.6. The van der Waals surface area contributed by atoms with E-state index >= 15 is 0 Å². The fourth-order valence-corrected chi connectivity index (χ4v) is 3.24. The largest absolute Gasteiger partial charge is 0.497 e. The second-order valence-electron chi connectivity index (χ2n) is 6.21. The number of carbonyl (C=O) groups is 1. The van der Waals surface area contributed by atoms with Gasteiger partial charge in [0.05, 0.1) is 30.3 Å². The number of ether oxygens (including phenoxy) is 1. The van der Waals surface area contributed by atoms with Crippen LogP contribution in [-0.4, -0.2) is 27.1 Å². The summed E-state index contributed by atoms with van der Waals surface area (Å²) in [4.78, 5) is 41.6. The molecule has 26 heavy (non-hydrogen) atoms. The molecule has 1 aliphatic heterocycles. The van der Waals surface area contributed by atoms with Crippen LogP contribution in [0.3, 0.4) is 0 Å².